The van der Waals surface area contributed by atoms with E-state index in [1.54, 1.807) is 11.8 Å². The normalized spacial score (nSPS) is 25.2. The highest BCUT2D eigenvalue weighted by Crippen LogP contribution is 2.47. The molecule has 110 valence electrons. The fourth-order valence-electron chi connectivity index (χ4n) is 2.68. The molecule has 3 rings (SSSR count). The molecule has 0 spiro atoms. The van der Waals surface area contributed by atoms with Crippen LogP contribution in [0.15, 0.2) is 60.7 Å². The summed E-state index contributed by atoms with van der Waals surface area (Å²) in [6.45, 7) is 0.371. The van der Waals surface area contributed by atoms with Gasteiger partial charge in [-0.2, -0.15) is 0 Å². The van der Waals surface area contributed by atoms with Gasteiger partial charge in [0.2, 0.25) is 0 Å². The first-order valence-corrected chi connectivity index (χ1v) is 8.02. The third-order valence-corrected chi connectivity index (χ3v) is 5.47. The summed E-state index contributed by atoms with van der Waals surface area (Å²) in [7, 11) is 0. The third-order valence-electron chi connectivity index (χ3n) is 3.75. The van der Waals surface area contributed by atoms with Gasteiger partial charge in [0.1, 0.15) is 4.75 Å². The van der Waals surface area contributed by atoms with Crippen molar-refractivity contribution >= 4 is 11.8 Å². The van der Waals surface area contributed by atoms with Crippen molar-refractivity contribution in [3.05, 3.63) is 71.8 Å². The molecule has 0 saturated carbocycles. The van der Waals surface area contributed by atoms with E-state index in [4.69, 9.17) is 10.5 Å². The second kappa shape index (κ2) is 6.20. The summed E-state index contributed by atoms with van der Waals surface area (Å²) in [5, 5.41) is 10.7. The molecule has 1 fully saturated rings. The lowest BCUT2D eigenvalue weighted by Gasteiger charge is -2.36. The fourth-order valence-corrected chi connectivity index (χ4v) is 4.07. The Morgan fingerprint density at radius 1 is 1.00 bits per heavy atom. The first-order valence-electron chi connectivity index (χ1n) is 7.04. The van der Waals surface area contributed by atoms with Crippen LogP contribution in [0.5, 0.6) is 0 Å². The molecular formula is C17H19NO2S. The standard InChI is InChI=1S/C17H19NO2S/c18-15-11-20-16(19)17(21-12-15,13-7-3-1-4-8-13)14-9-5-2-6-10-14/h1-10,15-16,19H,11-12,18H2/t15-,16?/m1/s1. The first kappa shape index (κ1) is 14.6. The molecule has 1 aliphatic heterocycles. The number of thioether (sulfide) groups is 1. The summed E-state index contributed by atoms with van der Waals surface area (Å²) in [6, 6.07) is 19.9. The van der Waals surface area contributed by atoms with Gasteiger partial charge in [0, 0.05) is 11.8 Å². The maximum absolute atomic E-state index is 10.7. The first-order chi connectivity index (χ1) is 10.2. The molecule has 2 atom stereocenters. The van der Waals surface area contributed by atoms with Gasteiger partial charge in [0.15, 0.2) is 6.29 Å². The van der Waals surface area contributed by atoms with Crippen LogP contribution in [0.1, 0.15) is 11.1 Å². The maximum atomic E-state index is 10.7. The minimum Gasteiger partial charge on any atom is -0.366 e. The molecule has 1 aliphatic rings. The van der Waals surface area contributed by atoms with Crippen LogP contribution in [-0.4, -0.2) is 29.8 Å². The number of benzene rings is 2. The number of aliphatic hydroxyl groups excluding tert-OH is 1. The molecule has 3 N–H and O–H groups in total. The number of aliphatic hydroxyl groups is 1. The zero-order valence-corrected chi connectivity index (χ0v) is 12.5. The van der Waals surface area contributed by atoms with Crippen molar-refractivity contribution in [3.8, 4) is 0 Å². The molecule has 3 nitrogen and oxygen atoms in total. The molecule has 1 heterocycles. The molecule has 4 heteroatoms. The Labute approximate surface area is 129 Å². The van der Waals surface area contributed by atoms with Crippen molar-refractivity contribution in [3.63, 3.8) is 0 Å². The summed E-state index contributed by atoms with van der Waals surface area (Å²) < 4.78 is 5.01. The van der Waals surface area contributed by atoms with Crippen LogP contribution in [0.2, 0.25) is 0 Å². The van der Waals surface area contributed by atoms with Gasteiger partial charge in [-0.1, -0.05) is 60.7 Å². The smallest absolute Gasteiger partial charge is 0.177 e. The van der Waals surface area contributed by atoms with E-state index in [2.05, 4.69) is 0 Å². The number of rotatable bonds is 2. The Hall–Kier alpha value is -1.33. The summed E-state index contributed by atoms with van der Waals surface area (Å²) in [5.74, 6) is 0.737. The Kier molecular flexibility index (Phi) is 4.31. The monoisotopic (exact) mass is 301 g/mol. The highest BCUT2D eigenvalue weighted by atomic mass is 32.2. The van der Waals surface area contributed by atoms with Crippen molar-refractivity contribution < 1.29 is 9.84 Å². The molecule has 2 aromatic rings. The van der Waals surface area contributed by atoms with E-state index < -0.39 is 11.0 Å². The third kappa shape index (κ3) is 2.72. The number of hydrogen-bond donors (Lipinski definition) is 2. The predicted octanol–water partition coefficient (Wildman–Crippen LogP) is 2.34. The van der Waals surface area contributed by atoms with Crippen molar-refractivity contribution in [1.29, 1.82) is 0 Å². The molecule has 0 aliphatic carbocycles. The largest absolute Gasteiger partial charge is 0.366 e. The van der Waals surface area contributed by atoms with Crippen molar-refractivity contribution in [1.82, 2.24) is 0 Å². The average Bonchev–Trinajstić information content (AvgIpc) is 2.69. The van der Waals surface area contributed by atoms with E-state index in [0.717, 1.165) is 16.9 Å². The van der Waals surface area contributed by atoms with E-state index in [1.807, 2.05) is 60.7 Å². The fraction of sp³-hybridized carbons (Fsp3) is 0.294. The topological polar surface area (TPSA) is 55.5 Å². The second-order valence-electron chi connectivity index (χ2n) is 5.22. The van der Waals surface area contributed by atoms with Crippen molar-refractivity contribution in [2.75, 3.05) is 12.4 Å². The molecule has 0 bridgehead atoms. The van der Waals surface area contributed by atoms with Crippen LogP contribution in [0.25, 0.3) is 0 Å². The lowest BCUT2D eigenvalue weighted by Crippen LogP contribution is -2.39. The molecular weight excluding hydrogens is 282 g/mol. The van der Waals surface area contributed by atoms with E-state index in [9.17, 15) is 5.11 Å². The van der Waals surface area contributed by atoms with Crippen LogP contribution in [0, 0.1) is 0 Å². The van der Waals surface area contributed by atoms with Crippen LogP contribution in [-0.2, 0) is 9.48 Å². The zero-order valence-electron chi connectivity index (χ0n) is 11.7. The quantitative estimate of drug-likeness (QED) is 0.894. The van der Waals surface area contributed by atoms with Gasteiger partial charge in [-0.3, -0.25) is 0 Å². The van der Waals surface area contributed by atoms with E-state index in [0.29, 0.717) is 6.61 Å². The molecule has 21 heavy (non-hydrogen) atoms. The van der Waals surface area contributed by atoms with Gasteiger partial charge in [0.25, 0.3) is 0 Å². The van der Waals surface area contributed by atoms with Gasteiger partial charge in [-0.15, -0.1) is 11.8 Å². The second-order valence-corrected chi connectivity index (χ2v) is 6.49. The van der Waals surface area contributed by atoms with Crippen LogP contribution in [0.3, 0.4) is 0 Å². The average molecular weight is 301 g/mol. The summed E-state index contributed by atoms with van der Waals surface area (Å²) >= 11 is 1.65. The van der Waals surface area contributed by atoms with Crippen LogP contribution in [0.4, 0.5) is 0 Å². The Morgan fingerprint density at radius 2 is 1.52 bits per heavy atom. The predicted molar refractivity (Wildman–Crippen MR) is 86.1 cm³/mol. The molecule has 1 unspecified atom stereocenters. The summed E-state index contributed by atoms with van der Waals surface area (Å²) in [4.78, 5) is 0. The molecule has 0 radical (unpaired) electrons. The Bertz CT molecular complexity index is 536. The Morgan fingerprint density at radius 3 is 2.05 bits per heavy atom. The highest BCUT2D eigenvalue weighted by Gasteiger charge is 2.45. The minimum atomic E-state index is -0.930. The highest BCUT2D eigenvalue weighted by molar-refractivity contribution is 8.00. The van der Waals surface area contributed by atoms with Crippen molar-refractivity contribution in [2.24, 2.45) is 5.73 Å². The maximum Gasteiger partial charge on any atom is 0.177 e. The van der Waals surface area contributed by atoms with Crippen LogP contribution >= 0.6 is 11.8 Å². The lowest BCUT2D eigenvalue weighted by atomic mass is 9.89. The lowest BCUT2D eigenvalue weighted by molar-refractivity contribution is -0.115. The van der Waals surface area contributed by atoms with Gasteiger partial charge in [-0.25, -0.2) is 0 Å². The minimum absolute atomic E-state index is 0.0704. The molecule has 1 saturated heterocycles. The van der Waals surface area contributed by atoms with Gasteiger partial charge < -0.3 is 15.6 Å². The summed E-state index contributed by atoms with van der Waals surface area (Å²) in [6.07, 6.45) is -0.930. The summed E-state index contributed by atoms with van der Waals surface area (Å²) in [5.41, 5.74) is 8.08. The molecule has 0 aromatic heterocycles. The van der Waals surface area contributed by atoms with E-state index in [-0.39, 0.29) is 6.04 Å². The SMILES string of the molecule is N[C@@H]1COC(O)C(c2ccccc2)(c2ccccc2)SC1. The van der Waals surface area contributed by atoms with Gasteiger partial charge in [0.05, 0.1) is 6.61 Å². The number of ether oxygens (including phenoxy) is 1. The van der Waals surface area contributed by atoms with E-state index >= 15 is 0 Å². The molecule has 2 aromatic carbocycles. The van der Waals surface area contributed by atoms with Crippen molar-refractivity contribution in [2.45, 2.75) is 17.1 Å². The molecule has 0 amide bonds. The van der Waals surface area contributed by atoms with Crippen LogP contribution < -0.4 is 5.73 Å². The van der Waals surface area contributed by atoms with E-state index in [1.165, 1.54) is 0 Å². The van der Waals surface area contributed by atoms with Gasteiger partial charge >= 0.3 is 0 Å². The Balaban J connectivity index is 2.15. The number of nitrogens with two attached hydrogens (primary N) is 1. The number of hydrogen-bond acceptors (Lipinski definition) is 4. The van der Waals surface area contributed by atoms with Gasteiger partial charge in [-0.05, 0) is 11.1 Å². The zero-order chi connectivity index (χ0) is 14.7.